The van der Waals surface area contributed by atoms with Gasteiger partial charge >= 0.3 is 0 Å². The van der Waals surface area contributed by atoms with Crippen LogP contribution < -0.4 is 18.9 Å². The fraction of sp³-hybridized carbons (Fsp3) is 0.364. The Morgan fingerprint density at radius 2 is 1.69 bits per heavy atom. The molecule has 7 heteroatoms. The van der Waals surface area contributed by atoms with Gasteiger partial charge in [-0.25, -0.2) is 0 Å². The summed E-state index contributed by atoms with van der Waals surface area (Å²) in [4.78, 5) is 22.2. The number of carbonyl (C=O) groups is 2. The average molecular weight is 402 g/mol. The number of ketones is 1. The molecule has 29 heavy (non-hydrogen) atoms. The highest BCUT2D eigenvalue weighted by Crippen LogP contribution is 2.32. The van der Waals surface area contributed by atoms with Crippen molar-refractivity contribution in [2.45, 2.75) is 33.1 Å². The zero-order chi connectivity index (χ0) is 21.2. The van der Waals surface area contributed by atoms with Gasteiger partial charge in [0.1, 0.15) is 17.2 Å². The van der Waals surface area contributed by atoms with Crippen molar-refractivity contribution in [1.29, 1.82) is 0 Å². The highest BCUT2D eigenvalue weighted by atomic mass is 16.5. The van der Waals surface area contributed by atoms with Crippen LogP contribution in [0.15, 0.2) is 30.3 Å². The topological polar surface area (TPSA) is 91.3 Å². The zero-order valence-corrected chi connectivity index (χ0v) is 16.9. The second-order valence-electron chi connectivity index (χ2n) is 6.29. The number of unbranched alkanes of at least 4 members (excludes halogenated alkanes) is 1. The number of aromatic hydroxyl groups is 1. The lowest BCUT2D eigenvalue weighted by atomic mass is 10.0. The number of methoxy groups -OCH3 is 1. The number of ether oxygens (including phenoxy) is 4. The van der Waals surface area contributed by atoms with Crippen molar-refractivity contribution < 1.29 is 33.6 Å². The molecule has 0 aliphatic heterocycles. The molecule has 0 aliphatic rings. The third kappa shape index (κ3) is 5.88. The molecule has 0 radical (unpaired) electrons. The van der Waals surface area contributed by atoms with Crippen molar-refractivity contribution in [3.8, 4) is 28.7 Å². The van der Waals surface area contributed by atoms with Crippen molar-refractivity contribution >= 4 is 12.3 Å². The van der Waals surface area contributed by atoms with Gasteiger partial charge in [-0.2, -0.15) is 0 Å². The van der Waals surface area contributed by atoms with Gasteiger partial charge in [-0.05, 0) is 44.0 Å². The van der Waals surface area contributed by atoms with Crippen molar-refractivity contribution in [3.63, 3.8) is 0 Å². The number of benzene rings is 2. The number of phenolic OH excluding ortho intramolecular Hbond substituents is 1. The van der Waals surface area contributed by atoms with Gasteiger partial charge in [0.25, 0.3) is 6.47 Å². The maximum Gasteiger partial charge on any atom is 0.298 e. The van der Waals surface area contributed by atoms with Crippen LogP contribution in [0.25, 0.3) is 0 Å². The first-order valence-electron chi connectivity index (χ1n) is 9.41. The van der Waals surface area contributed by atoms with Crippen LogP contribution >= 0.6 is 0 Å². The van der Waals surface area contributed by atoms with E-state index in [9.17, 15) is 14.7 Å². The summed E-state index contributed by atoms with van der Waals surface area (Å²) in [5.74, 6) is 1.85. The average Bonchev–Trinajstić information content (AvgIpc) is 2.73. The Morgan fingerprint density at radius 1 is 1.03 bits per heavy atom. The fourth-order valence-electron chi connectivity index (χ4n) is 2.72. The molecule has 156 valence electrons. The Hall–Kier alpha value is -3.22. The number of hydrogen-bond acceptors (Lipinski definition) is 7. The molecule has 0 atom stereocenters. The van der Waals surface area contributed by atoms with Gasteiger partial charge in [-0.1, -0.05) is 6.92 Å². The first kappa shape index (κ1) is 22.1. The van der Waals surface area contributed by atoms with Gasteiger partial charge in [0.15, 0.2) is 17.3 Å². The lowest BCUT2D eigenvalue weighted by Crippen LogP contribution is -2.05. The van der Waals surface area contributed by atoms with E-state index in [2.05, 4.69) is 0 Å². The lowest BCUT2D eigenvalue weighted by Gasteiger charge is -2.13. The number of Topliss-reactive ketones (excluding diaryl/α,β-unsaturated/α-hetero) is 1. The molecule has 2 aromatic rings. The predicted octanol–water partition coefficient (Wildman–Crippen LogP) is 4.08. The van der Waals surface area contributed by atoms with Gasteiger partial charge in [0.05, 0.1) is 25.9 Å². The number of phenols is 1. The van der Waals surface area contributed by atoms with Crippen LogP contribution in [-0.4, -0.2) is 37.7 Å². The molecular weight excluding hydrogens is 376 g/mol. The van der Waals surface area contributed by atoms with E-state index in [1.165, 1.54) is 7.11 Å². The van der Waals surface area contributed by atoms with E-state index >= 15 is 0 Å². The van der Waals surface area contributed by atoms with Crippen LogP contribution in [-0.2, 0) is 4.79 Å². The molecule has 0 aromatic heterocycles. The van der Waals surface area contributed by atoms with Gasteiger partial charge in [0, 0.05) is 18.1 Å². The molecule has 0 spiro atoms. The van der Waals surface area contributed by atoms with Crippen molar-refractivity contribution in [2.24, 2.45) is 0 Å². The molecule has 0 amide bonds. The summed E-state index contributed by atoms with van der Waals surface area (Å²) in [6.07, 6.45) is 1.82. The largest absolute Gasteiger partial charge is 0.507 e. The molecule has 0 unspecified atom stereocenters. The van der Waals surface area contributed by atoms with Crippen LogP contribution in [0.3, 0.4) is 0 Å². The molecule has 0 bridgehead atoms. The van der Waals surface area contributed by atoms with Crippen LogP contribution in [0.2, 0.25) is 0 Å². The lowest BCUT2D eigenvalue weighted by molar-refractivity contribution is -0.120. The van der Waals surface area contributed by atoms with Gasteiger partial charge in [0.2, 0.25) is 0 Å². The molecule has 0 fully saturated rings. The molecule has 7 nitrogen and oxygen atoms in total. The summed E-state index contributed by atoms with van der Waals surface area (Å²) < 4.78 is 21.4. The standard InChI is InChI=1S/C22H26O7/c1-4-18(24)17-8-10-19(15(2)22(17)25)27-11-5-6-12-28-20-9-7-16(29-14-23)13-21(20)26-3/h7-10,13-14,25H,4-6,11-12H2,1-3H3. The molecule has 0 saturated carbocycles. The SMILES string of the molecule is CCC(=O)c1ccc(OCCCCOc2ccc(OC=O)cc2OC)c(C)c1O. The normalized spacial score (nSPS) is 10.3. The second-order valence-corrected chi connectivity index (χ2v) is 6.29. The smallest absolute Gasteiger partial charge is 0.298 e. The molecule has 1 N–H and O–H groups in total. The Labute approximate surface area is 170 Å². The molecule has 0 saturated heterocycles. The zero-order valence-electron chi connectivity index (χ0n) is 16.9. The van der Waals surface area contributed by atoms with Crippen LogP contribution in [0.4, 0.5) is 0 Å². The van der Waals surface area contributed by atoms with Crippen LogP contribution in [0.1, 0.15) is 42.1 Å². The van der Waals surface area contributed by atoms with Crippen molar-refractivity contribution in [2.75, 3.05) is 20.3 Å². The Bertz CT molecular complexity index is 845. The maximum absolute atomic E-state index is 11.8. The molecule has 0 aliphatic carbocycles. The van der Waals surface area contributed by atoms with Crippen molar-refractivity contribution in [3.05, 3.63) is 41.5 Å². The minimum atomic E-state index is -0.101. The van der Waals surface area contributed by atoms with E-state index in [1.807, 2.05) is 0 Å². The molecule has 2 rings (SSSR count). The second kappa shape index (κ2) is 10.9. The quantitative estimate of drug-likeness (QED) is 0.325. The minimum absolute atomic E-state index is 0.0215. The van der Waals surface area contributed by atoms with E-state index < -0.39 is 0 Å². The number of carbonyl (C=O) groups excluding carboxylic acids is 2. The fourth-order valence-corrected chi connectivity index (χ4v) is 2.72. The minimum Gasteiger partial charge on any atom is -0.507 e. The van der Waals surface area contributed by atoms with Gasteiger partial charge in [-0.15, -0.1) is 0 Å². The summed E-state index contributed by atoms with van der Waals surface area (Å²) in [6, 6.07) is 8.19. The summed E-state index contributed by atoms with van der Waals surface area (Å²) in [5, 5.41) is 10.2. The first-order valence-corrected chi connectivity index (χ1v) is 9.41. The summed E-state index contributed by atoms with van der Waals surface area (Å²) in [5.41, 5.74) is 0.882. The summed E-state index contributed by atoms with van der Waals surface area (Å²) >= 11 is 0. The summed E-state index contributed by atoms with van der Waals surface area (Å²) in [7, 11) is 1.51. The van der Waals surface area contributed by atoms with E-state index in [0.717, 1.165) is 12.8 Å². The van der Waals surface area contributed by atoms with Crippen molar-refractivity contribution in [1.82, 2.24) is 0 Å². The number of rotatable bonds is 12. The van der Waals surface area contributed by atoms with E-state index in [1.54, 1.807) is 44.2 Å². The Morgan fingerprint density at radius 3 is 2.31 bits per heavy atom. The van der Waals surface area contributed by atoms with E-state index in [4.69, 9.17) is 18.9 Å². The molecule has 0 heterocycles. The van der Waals surface area contributed by atoms with Gasteiger partial charge < -0.3 is 24.1 Å². The Balaban J connectivity index is 1.80. The highest BCUT2D eigenvalue weighted by molar-refractivity contribution is 5.99. The first-order chi connectivity index (χ1) is 14.0. The molecule has 2 aromatic carbocycles. The number of hydrogen-bond donors (Lipinski definition) is 1. The Kier molecular flexibility index (Phi) is 8.33. The maximum atomic E-state index is 11.8. The third-order valence-electron chi connectivity index (χ3n) is 4.38. The summed E-state index contributed by atoms with van der Waals surface area (Å²) in [6.45, 7) is 4.75. The predicted molar refractivity (Wildman–Crippen MR) is 107 cm³/mol. The van der Waals surface area contributed by atoms with Gasteiger partial charge in [-0.3, -0.25) is 9.59 Å². The third-order valence-corrected chi connectivity index (χ3v) is 4.38. The van der Waals surface area contributed by atoms with Crippen LogP contribution in [0, 0.1) is 6.92 Å². The van der Waals surface area contributed by atoms with E-state index in [-0.39, 0.29) is 11.5 Å². The monoisotopic (exact) mass is 402 g/mol. The molecular formula is C22H26O7. The van der Waals surface area contributed by atoms with E-state index in [0.29, 0.717) is 60.2 Å². The van der Waals surface area contributed by atoms with Crippen LogP contribution in [0.5, 0.6) is 28.7 Å². The highest BCUT2D eigenvalue weighted by Gasteiger charge is 2.14.